The number of aromatic nitrogens is 3. The standard InChI is InChI=1S/C25H31FN8O5/c1-25(2,38)13-29-10-17(9-28)32-24-31-14-30-22(33-24)15-3-4-20(16(7-15)8-27)39-21-5-6-34(11-18(21)26)23(37)19(36)12-35/h3-4,7,9-10,14,18-19,21,35-36,38H,5-6,11-13,28H2,1-2H3,(H,30,31,32,33)/t18-,19+,21+/m1/s1. The number of aliphatic hydroxyl groups is 3. The van der Waals surface area contributed by atoms with E-state index in [0.717, 1.165) is 4.90 Å². The minimum absolute atomic E-state index is 0.128. The highest BCUT2D eigenvalue weighted by Gasteiger charge is 2.35. The number of amides is 1. The van der Waals surface area contributed by atoms with Crippen molar-refractivity contribution in [2.24, 2.45) is 10.7 Å². The Kier molecular flexibility index (Phi) is 9.83. The van der Waals surface area contributed by atoms with Gasteiger partial charge < -0.3 is 36.0 Å². The number of nitriles is 1. The van der Waals surface area contributed by atoms with Crippen LogP contribution in [0.3, 0.4) is 0 Å². The van der Waals surface area contributed by atoms with Gasteiger partial charge in [-0.1, -0.05) is 0 Å². The van der Waals surface area contributed by atoms with Crippen LogP contribution in [0.15, 0.2) is 41.4 Å². The van der Waals surface area contributed by atoms with E-state index in [-0.39, 0.29) is 49.1 Å². The summed E-state index contributed by atoms with van der Waals surface area (Å²) in [5.41, 5.74) is 5.66. The molecule has 1 amide bonds. The second-order valence-electron chi connectivity index (χ2n) is 9.43. The molecule has 1 fully saturated rings. The van der Waals surface area contributed by atoms with Gasteiger partial charge in [0.2, 0.25) is 5.95 Å². The van der Waals surface area contributed by atoms with Crippen LogP contribution in [0.1, 0.15) is 25.8 Å². The molecular weight excluding hydrogens is 511 g/mol. The highest BCUT2D eigenvalue weighted by atomic mass is 19.1. The van der Waals surface area contributed by atoms with Crippen LogP contribution >= 0.6 is 0 Å². The van der Waals surface area contributed by atoms with Gasteiger partial charge in [0.05, 0.1) is 36.6 Å². The Hall–Kier alpha value is -4.19. The van der Waals surface area contributed by atoms with Crippen molar-refractivity contribution in [3.8, 4) is 23.2 Å². The summed E-state index contributed by atoms with van der Waals surface area (Å²) in [5, 5.41) is 40.8. The zero-order chi connectivity index (χ0) is 28.6. The average molecular weight is 543 g/mol. The second kappa shape index (κ2) is 13.1. The molecule has 2 aromatic rings. The molecule has 0 aliphatic carbocycles. The molecular formula is C25H31FN8O5. The van der Waals surface area contributed by atoms with Crippen LogP contribution in [0, 0.1) is 11.3 Å². The number of aliphatic imine (C=N–C) groups is 1. The molecule has 1 aliphatic rings. The van der Waals surface area contributed by atoms with Crippen LogP contribution in [0.2, 0.25) is 0 Å². The molecule has 0 bridgehead atoms. The minimum atomic E-state index is -1.59. The number of alkyl halides is 1. The van der Waals surface area contributed by atoms with Gasteiger partial charge in [0, 0.05) is 30.9 Å². The molecule has 1 aromatic carbocycles. The summed E-state index contributed by atoms with van der Waals surface area (Å²) >= 11 is 0. The number of aliphatic hydroxyl groups excluding tert-OH is 2. The van der Waals surface area contributed by atoms with Gasteiger partial charge in [-0.05, 0) is 32.0 Å². The zero-order valence-electron chi connectivity index (χ0n) is 21.5. The summed E-state index contributed by atoms with van der Waals surface area (Å²) in [6.45, 7) is 2.49. The number of anilines is 1. The third-order valence-electron chi connectivity index (χ3n) is 5.60. The number of nitrogens with zero attached hydrogens (tertiary/aromatic N) is 6. The minimum Gasteiger partial charge on any atom is -0.486 e. The first kappa shape index (κ1) is 29.4. The zero-order valence-corrected chi connectivity index (χ0v) is 21.5. The number of halogens is 1. The number of carbonyl (C=O) groups is 1. The van der Waals surface area contributed by atoms with Crippen molar-refractivity contribution in [3.05, 3.63) is 42.0 Å². The van der Waals surface area contributed by atoms with Crippen LogP contribution in [-0.2, 0) is 4.79 Å². The predicted molar refractivity (Wildman–Crippen MR) is 139 cm³/mol. The van der Waals surface area contributed by atoms with Crippen molar-refractivity contribution >= 4 is 18.1 Å². The molecule has 1 saturated heterocycles. The molecule has 3 rings (SSSR count). The maximum Gasteiger partial charge on any atom is 0.253 e. The Labute approximate surface area is 224 Å². The molecule has 208 valence electrons. The third-order valence-corrected chi connectivity index (χ3v) is 5.60. The van der Waals surface area contributed by atoms with E-state index in [4.69, 9.17) is 15.6 Å². The highest BCUT2D eigenvalue weighted by molar-refractivity contribution is 5.82. The molecule has 6 N–H and O–H groups in total. The van der Waals surface area contributed by atoms with Gasteiger partial charge in [-0.25, -0.2) is 14.4 Å². The van der Waals surface area contributed by atoms with Crippen molar-refractivity contribution < 1.29 is 29.2 Å². The van der Waals surface area contributed by atoms with Crippen molar-refractivity contribution in [3.63, 3.8) is 0 Å². The lowest BCUT2D eigenvalue weighted by molar-refractivity contribution is -0.146. The molecule has 0 saturated carbocycles. The molecule has 1 aliphatic heterocycles. The number of hydrogen-bond acceptors (Lipinski definition) is 12. The number of rotatable bonds is 10. The van der Waals surface area contributed by atoms with Crippen molar-refractivity contribution in [1.82, 2.24) is 19.9 Å². The average Bonchev–Trinajstić information content (AvgIpc) is 2.92. The summed E-state index contributed by atoms with van der Waals surface area (Å²) in [4.78, 5) is 29.8. The molecule has 2 heterocycles. The summed E-state index contributed by atoms with van der Waals surface area (Å²) in [6.07, 6.45) is 0.0534. The number of allylic oxidation sites excluding steroid dienone is 1. The fraction of sp³-hybridized carbons (Fsp3) is 0.440. The van der Waals surface area contributed by atoms with Gasteiger partial charge in [-0.15, -0.1) is 0 Å². The fourth-order valence-corrected chi connectivity index (χ4v) is 3.64. The Bertz CT molecular complexity index is 1260. The molecule has 0 radical (unpaired) electrons. The van der Waals surface area contributed by atoms with E-state index in [0.29, 0.717) is 11.3 Å². The van der Waals surface area contributed by atoms with E-state index in [9.17, 15) is 24.7 Å². The SMILES string of the molecule is CC(C)(O)CN=CC(=CN)Nc1ncnc(-c2ccc(O[C@H]3CCN(C(=O)[C@@H](O)CO)C[C@H]3F)c(C#N)c2)n1. The van der Waals surface area contributed by atoms with Gasteiger partial charge in [0.15, 0.2) is 18.1 Å². The number of ether oxygens (including phenoxy) is 1. The highest BCUT2D eigenvalue weighted by Crippen LogP contribution is 2.28. The lowest BCUT2D eigenvalue weighted by Crippen LogP contribution is -2.52. The fourth-order valence-electron chi connectivity index (χ4n) is 3.64. The van der Waals surface area contributed by atoms with Gasteiger partial charge in [-0.2, -0.15) is 10.2 Å². The molecule has 1 aromatic heterocycles. The largest absolute Gasteiger partial charge is 0.486 e. The third kappa shape index (κ3) is 8.14. The molecule has 3 atom stereocenters. The van der Waals surface area contributed by atoms with Crippen LogP contribution in [0.4, 0.5) is 10.3 Å². The van der Waals surface area contributed by atoms with Crippen molar-refractivity contribution in [2.45, 2.75) is 44.2 Å². The smallest absolute Gasteiger partial charge is 0.253 e. The summed E-state index contributed by atoms with van der Waals surface area (Å²) in [5.74, 6) is -0.175. The summed E-state index contributed by atoms with van der Waals surface area (Å²) in [6, 6.07) is 6.66. The Morgan fingerprint density at radius 2 is 2.23 bits per heavy atom. The van der Waals surface area contributed by atoms with Gasteiger partial charge in [0.25, 0.3) is 5.91 Å². The van der Waals surface area contributed by atoms with E-state index in [1.807, 2.05) is 6.07 Å². The molecule has 0 unspecified atom stereocenters. The Morgan fingerprint density at radius 3 is 2.87 bits per heavy atom. The molecule has 39 heavy (non-hydrogen) atoms. The quantitative estimate of drug-likeness (QED) is 0.255. The number of carbonyl (C=O) groups excluding carboxylic acids is 1. The Balaban J connectivity index is 1.71. The normalized spacial score (nSPS) is 19.0. The topological polar surface area (TPSA) is 203 Å². The monoisotopic (exact) mass is 542 g/mol. The molecule has 0 spiro atoms. The predicted octanol–water partition coefficient (Wildman–Crippen LogP) is 0.135. The number of nitrogens with one attached hydrogen (secondary N) is 1. The second-order valence-corrected chi connectivity index (χ2v) is 9.43. The lowest BCUT2D eigenvalue weighted by atomic mass is 10.0. The van der Waals surface area contributed by atoms with Crippen molar-refractivity contribution in [1.29, 1.82) is 5.26 Å². The lowest BCUT2D eigenvalue weighted by Gasteiger charge is -2.35. The number of likely N-dealkylation sites (tertiary alicyclic amines) is 1. The van der Waals surface area contributed by atoms with Crippen molar-refractivity contribution in [2.75, 3.05) is 31.6 Å². The van der Waals surface area contributed by atoms with Gasteiger partial charge >= 0.3 is 0 Å². The Morgan fingerprint density at radius 1 is 1.46 bits per heavy atom. The van der Waals surface area contributed by atoms with E-state index >= 15 is 0 Å². The van der Waals surface area contributed by atoms with Gasteiger partial charge in [0.1, 0.15) is 24.3 Å². The molecule has 14 heteroatoms. The maximum atomic E-state index is 14.8. The van der Waals surface area contributed by atoms with Crippen LogP contribution in [0.25, 0.3) is 11.4 Å². The van der Waals surface area contributed by atoms with Gasteiger partial charge in [-0.3, -0.25) is 9.79 Å². The number of benzene rings is 1. The first-order valence-corrected chi connectivity index (χ1v) is 12.1. The molecule has 13 nitrogen and oxygen atoms in total. The van der Waals surface area contributed by atoms with Crippen LogP contribution < -0.4 is 15.8 Å². The number of hydrogen-bond donors (Lipinski definition) is 5. The summed E-state index contributed by atoms with van der Waals surface area (Å²) in [7, 11) is 0. The van der Waals surface area contributed by atoms with E-state index in [1.165, 1.54) is 30.9 Å². The number of piperidine rings is 1. The maximum absolute atomic E-state index is 14.8. The first-order chi connectivity index (χ1) is 18.5. The first-order valence-electron chi connectivity index (χ1n) is 12.1. The van der Waals surface area contributed by atoms with E-state index in [1.54, 1.807) is 19.9 Å². The van der Waals surface area contributed by atoms with Crippen LogP contribution in [-0.4, -0.2) is 97.5 Å². The summed E-state index contributed by atoms with van der Waals surface area (Å²) < 4.78 is 20.6. The van der Waals surface area contributed by atoms with E-state index in [2.05, 4.69) is 25.3 Å². The van der Waals surface area contributed by atoms with Crippen LogP contribution in [0.5, 0.6) is 5.75 Å². The van der Waals surface area contributed by atoms with E-state index < -0.39 is 36.5 Å². The number of nitrogens with two attached hydrogens (primary N) is 1.